The summed E-state index contributed by atoms with van der Waals surface area (Å²) in [5, 5.41) is 19.8. The number of aryl methyl sites for hydroxylation is 3. The molecule has 0 radical (unpaired) electrons. The average Bonchev–Trinajstić information content (AvgIpc) is 3.35. The number of carbonyl (C=O) groups is 1. The summed E-state index contributed by atoms with van der Waals surface area (Å²) in [6, 6.07) is 17.6. The van der Waals surface area contributed by atoms with E-state index >= 15 is 0 Å². The normalized spacial score (nSPS) is 10.9. The molecular formula is C21H21N7OS. The fraction of sp³-hybridized carbons (Fsp3) is 0.190. The quantitative estimate of drug-likeness (QED) is 0.481. The number of aromatic nitrogens is 6. The summed E-state index contributed by atoms with van der Waals surface area (Å²) in [6.45, 7) is 5.96. The van der Waals surface area contributed by atoms with Gasteiger partial charge in [0.2, 0.25) is 11.1 Å². The van der Waals surface area contributed by atoms with E-state index in [2.05, 4.69) is 38.1 Å². The van der Waals surface area contributed by atoms with Gasteiger partial charge in [0.15, 0.2) is 0 Å². The predicted octanol–water partition coefficient (Wildman–Crippen LogP) is 3.50. The summed E-state index contributed by atoms with van der Waals surface area (Å²) in [7, 11) is 0. The van der Waals surface area contributed by atoms with Crippen LogP contribution in [0.1, 0.15) is 16.8 Å². The minimum atomic E-state index is -0.158. The second kappa shape index (κ2) is 8.50. The summed E-state index contributed by atoms with van der Waals surface area (Å²) < 4.78 is 3.39. The number of anilines is 1. The van der Waals surface area contributed by atoms with Crippen molar-refractivity contribution >= 4 is 23.5 Å². The van der Waals surface area contributed by atoms with Crippen LogP contribution >= 0.6 is 11.8 Å². The molecule has 0 fully saturated rings. The van der Waals surface area contributed by atoms with Gasteiger partial charge < -0.3 is 5.32 Å². The molecule has 2 aromatic heterocycles. The summed E-state index contributed by atoms with van der Waals surface area (Å²) >= 11 is 1.28. The number of nitrogens with zero attached hydrogens (tertiary/aromatic N) is 6. The van der Waals surface area contributed by atoms with E-state index in [0.29, 0.717) is 11.0 Å². The molecule has 2 heterocycles. The lowest BCUT2D eigenvalue weighted by molar-refractivity contribution is -0.113. The van der Waals surface area contributed by atoms with Gasteiger partial charge in [0.1, 0.15) is 5.82 Å². The van der Waals surface area contributed by atoms with E-state index in [1.54, 1.807) is 9.36 Å². The molecule has 0 atom stereocenters. The van der Waals surface area contributed by atoms with Crippen molar-refractivity contribution < 1.29 is 4.79 Å². The molecule has 0 bridgehead atoms. The van der Waals surface area contributed by atoms with Gasteiger partial charge in [-0.05, 0) is 60.5 Å². The lowest BCUT2D eigenvalue weighted by Gasteiger charge is -2.12. The molecule has 2 aromatic carbocycles. The summed E-state index contributed by atoms with van der Waals surface area (Å²) in [6.07, 6.45) is 0. The van der Waals surface area contributed by atoms with Crippen molar-refractivity contribution in [2.24, 2.45) is 0 Å². The van der Waals surface area contributed by atoms with Gasteiger partial charge in [-0.2, -0.15) is 9.78 Å². The van der Waals surface area contributed by atoms with E-state index in [4.69, 9.17) is 0 Å². The number of amides is 1. The van der Waals surface area contributed by atoms with Crippen molar-refractivity contribution in [2.75, 3.05) is 11.1 Å². The van der Waals surface area contributed by atoms with E-state index < -0.39 is 0 Å². The Bertz CT molecular complexity index is 1180. The molecule has 30 heavy (non-hydrogen) atoms. The van der Waals surface area contributed by atoms with Gasteiger partial charge in [-0.1, -0.05) is 42.1 Å². The summed E-state index contributed by atoms with van der Waals surface area (Å²) in [5.41, 5.74) is 4.82. The number of tetrazole rings is 1. The molecule has 0 aliphatic rings. The smallest absolute Gasteiger partial charge is 0.236 e. The van der Waals surface area contributed by atoms with Crippen LogP contribution in [0.15, 0.2) is 59.8 Å². The van der Waals surface area contributed by atoms with Crippen molar-refractivity contribution in [3.63, 3.8) is 0 Å². The highest BCUT2D eigenvalue weighted by atomic mass is 32.2. The highest BCUT2D eigenvalue weighted by Crippen LogP contribution is 2.23. The number of rotatable bonds is 6. The number of para-hydroxylation sites is 1. The Morgan fingerprint density at radius 1 is 1.03 bits per heavy atom. The third-order valence-corrected chi connectivity index (χ3v) is 5.39. The van der Waals surface area contributed by atoms with Crippen LogP contribution in [-0.4, -0.2) is 41.6 Å². The number of hydrogen-bond acceptors (Lipinski definition) is 6. The van der Waals surface area contributed by atoms with Gasteiger partial charge >= 0.3 is 0 Å². The first-order valence-corrected chi connectivity index (χ1v) is 10.4. The van der Waals surface area contributed by atoms with Crippen molar-refractivity contribution in [1.29, 1.82) is 0 Å². The topological polar surface area (TPSA) is 90.5 Å². The second-order valence-electron chi connectivity index (χ2n) is 6.92. The molecule has 152 valence electrons. The molecule has 0 unspecified atom stereocenters. The van der Waals surface area contributed by atoms with Crippen LogP contribution < -0.4 is 5.32 Å². The van der Waals surface area contributed by atoms with Crippen LogP contribution in [0.4, 0.5) is 5.82 Å². The minimum absolute atomic E-state index is 0.158. The number of carbonyl (C=O) groups excluding carboxylic acids is 1. The zero-order valence-corrected chi connectivity index (χ0v) is 17.7. The van der Waals surface area contributed by atoms with Crippen LogP contribution in [0.3, 0.4) is 0 Å². The maximum absolute atomic E-state index is 12.6. The van der Waals surface area contributed by atoms with E-state index in [9.17, 15) is 4.79 Å². The predicted molar refractivity (Wildman–Crippen MR) is 116 cm³/mol. The maximum atomic E-state index is 12.6. The standard InChI is InChI=1S/C21H21N7OS/c1-14-9-10-15(2)18(11-14)28-19(12-16(3)24-28)22-20(29)13-30-21-23-25-26-27(21)17-7-5-4-6-8-17/h4-12H,13H2,1-3H3,(H,22,29). The first kappa shape index (κ1) is 19.8. The molecule has 1 amide bonds. The Hall–Kier alpha value is -3.46. The van der Waals surface area contributed by atoms with E-state index in [-0.39, 0.29) is 11.7 Å². The van der Waals surface area contributed by atoms with Crippen molar-refractivity contribution in [3.05, 3.63) is 71.4 Å². The van der Waals surface area contributed by atoms with Gasteiger partial charge in [0.25, 0.3) is 0 Å². The second-order valence-corrected chi connectivity index (χ2v) is 7.86. The fourth-order valence-corrected chi connectivity index (χ4v) is 3.72. The van der Waals surface area contributed by atoms with Gasteiger partial charge in [-0.25, -0.2) is 4.68 Å². The van der Waals surface area contributed by atoms with Crippen molar-refractivity contribution in [2.45, 2.75) is 25.9 Å². The number of hydrogen-bond donors (Lipinski definition) is 1. The maximum Gasteiger partial charge on any atom is 0.236 e. The zero-order valence-electron chi connectivity index (χ0n) is 16.9. The molecule has 0 aliphatic heterocycles. The van der Waals surface area contributed by atoms with Gasteiger partial charge in [-0.15, -0.1) is 5.10 Å². The number of benzene rings is 2. The monoisotopic (exact) mass is 419 g/mol. The molecule has 0 saturated heterocycles. The molecule has 4 aromatic rings. The first-order valence-electron chi connectivity index (χ1n) is 9.42. The largest absolute Gasteiger partial charge is 0.310 e. The van der Waals surface area contributed by atoms with Crippen LogP contribution in [-0.2, 0) is 4.79 Å². The Morgan fingerprint density at radius 3 is 2.63 bits per heavy atom. The first-order chi connectivity index (χ1) is 14.5. The highest BCUT2D eigenvalue weighted by Gasteiger charge is 2.15. The van der Waals surface area contributed by atoms with Gasteiger partial charge in [0.05, 0.1) is 22.8 Å². The van der Waals surface area contributed by atoms with Gasteiger partial charge in [0, 0.05) is 6.07 Å². The summed E-state index contributed by atoms with van der Waals surface area (Å²) in [4.78, 5) is 12.6. The van der Waals surface area contributed by atoms with Gasteiger partial charge in [-0.3, -0.25) is 4.79 Å². The third kappa shape index (κ3) is 4.25. The third-order valence-electron chi connectivity index (χ3n) is 4.47. The molecule has 0 saturated carbocycles. The number of thioether (sulfide) groups is 1. The highest BCUT2D eigenvalue weighted by molar-refractivity contribution is 7.99. The van der Waals surface area contributed by atoms with Crippen molar-refractivity contribution in [1.82, 2.24) is 30.0 Å². The van der Waals surface area contributed by atoms with Crippen LogP contribution in [0.25, 0.3) is 11.4 Å². The minimum Gasteiger partial charge on any atom is -0.310 e. The molecule has 0 aliphatic carbocycles. The lowest BCUT2D eigenvalue weighted by atomic mass is 10.1. The Morgan fingerprint density at radius 2 is 1.83 bits per heavy atom. The molecule has 1 N–H and O–H groups in total. The Labute approximate surface area is 178 Å². The van der Waals surface area contributed by atoms with E-state index in [1.807, 2.05) is 63.2 Å². The SMILES string of the molecule is Cc1ccc(C)c(-n2nc(C)cc2NC(=O)CSc2nnnn2-c2ccccc2)c1. The van der Waals surface area contributed by atoms with Crippen LogP contribution in [0.2, 0.25) is 0 Å². The van der Waals surface area contributed by atoms with Crippen molar-refractivity contribution in [3.8, 4) is 11.4 Å². The Balaban J connectivity index is 1.49. The molecule has 9 heteroatoms. The van der Waals surface area contributed by atoms with E-state index in [1.165, 1.54) is 11.8 Å². The van der Waals surface area contributed by atoms with Crippen LogP contribution in [0, 0.1) is 20.8 Å². The summed E-state index contributed by atoms with van der Waals surface area (Å²) in [5.74, 6) is 0.646. The lowest BCUT2D eigenvalue weighted by Crippen LogP contribution is -2.17. The number of nitrogens with one attached hydrogen (secondary N) is 1. The fourth-order valence-electron chi connectivity index (χ4n) is 3.03. The zero-order chi connectivity index (χ0) is 21.1. The molecule has 8 nitrogen and oxygen atoms in total. The Kier molecular flexibility index (Phi) is 5.62. The molecule has 4 rings (SSSR count). The van der Waals surface area contributed by atoms with Crippen LogP contribution in [0.5, 0.6) is 0 Å². The average molecular weight is 420 g/mol. The molecule has 0 spiro atoms. The van der Waals surface area contributed by atoms with E-state index in [0.717, 1.165) is 28.2 Å². The molecular weight excluding hydrogens is 398 g/mol.